The van der Waals surface area contributed by atoms with Crippen molar-refractivity contribution in [2.24, 2.45) is 0 Å². The molecule has 0 atom stereocenters. The number of rotatable bonds is 6. The highest BCUT2D eigenvalue weighted by Gasteiger charge is 2.08. The first-order valence-corrected chi connectivity index (χ1v) is 8.54. The summed E-state index contributed by atoms with van der Waals surface area (Å²) in [5, 5.41) is 5.78. The zero-order valence-electron chi connectivity index (χ0n) is 13.0. The Kier molecular flexibility index (Phi) is 4.62. The largest absolute Gasteiger partial charge is 0.354 e. The van der Waals surface area contributed by atoms with Gasteiger partial charge in [-0.2, -0.15) is 0 Å². The lowest BCUT2D eigenvalue weighted by Gasteiger charge is -2.08. The van der Waals surface area contributed by atoms with Crippen molar-refractivity contribution in [2.75, 3.05) is 6.54 Å². The van der Waals surface area contributed by atoms with Gasteiger partial charge in [-0.3, -0.25) is 9.59 Å². The number of amides is 1. The highest BCUT2D eigenvalue weighted by Crippen LogP contribution is 2.11. The Labute approximate surface area is 138 Å². The minimum atomic E-state index is -0.0153. The van der Waals surface area contributed by atoms with E-state index >= 15 is 0 Å². The number of carbonyl (C=O) groups is 1. The molecule has 3 rings (SSSR count). The Morgan fingerprint density at radius 1 is 1.22 bits per heavy atom. The van der Waals surface area contributed by atoms with Gasteiger partial charge in [0.05, 0.1) is 6.42 Å². The average Bonchev–Trinajstić information content (AvgIpc) is 3.18. The summed E-state index contributed by atoms with van der Waals surface area (Å²) < 4.78 is 3.60. The Morgan fingerprint density at radius 3 is 2.70 bits per heavy atom. The van der Waals surface area contributed by atoms with Gasteiger partial charge < -0.3 is 14.5 Å². The number of nitrogens with zero attached hydrogens (tertiary/aromatic N) is 2. The van der Waals surface area contributed by atoms with Gasteiger partial charge in [0.1, 0.15) is 5.52 Å². The average molecular weight is 329 g/mol. The molecule has 0 fully saturated rings. The third-order valence-corrected chi connectivity index (χ3v) is 4.70. The molecule has 0 bridgehead atoms. The van der Waals surface area contributed by atoms with E-state index in [4.69, 9.17) is 0 Å². The molecule has 23 heavy (non-hydrogen) atoms. The number of aryl methyl sites for hydroxylation is 1. The summed E-state index contributed by atoms with van der Waals surface area (Å²) in [6.07, 6.45) is 4.11. The van der Waals surface area contributed by atoms with Gasteiger partial charge >= 0.3 is 0 Å². The topological polar surface area (TPSA) is 56.0 Å². The van der Waals surface area contributed by atoms with Crippen LogP contribution in [0.25, 0.3) is 10.9 Å². The van der Waals surface area contributed by atoms with Gasteiger partial charge in [-0.25, -0.2) is 0 Å². The second-order valence-electron chi connectivity index (χ2n) is 5.33. The fourth-order valence-corrected chi connectivity index (χ4v) is 3.34. The molecule has 5 nitrogen and oxygen atoms in total. The molecule has 0 radical (unpaired) electrons. The molecular weight excluding hydrogens is 310 g/mol. The molecule has 6 heteroatoms. The van der Waals surface area contributed by atoms with Gasteiger partial charge in [0.25, 0.3) is 5.56 Å². The molecule has 0 aliphatic rings. The maximum atomic E-state index is 12.5. The van der Waals surface area contributed by atoms with Crippen LogP contribution in [0, 0.1) is 0 Å². The number of pyridine rings is 1. The van der Waals surface area contributed by atoms with Crippen LogP contribution in [0.2, 0.25) is 0 Å². The Bertz CT molecular complexity index is 862. The summed E-state index contributed by atoms with van der Waals surface area (Å²) >= 11 is 1.57. The van der Waals surface area contributed by atoms with E-state index in [1.54, 1.807) is 22.1 Å². The predicted octanol–water partition coefficient (Wildman–Crippen LogP) is 2.24. The highest BCUT2D eigenvalue weighted by molar-refractivity contribution is 7.10. The van der Waals surface area contributed by atoms with Crippen molar-refractivity contribution >= 4 is 28.1 Å². The Hall–Kier alpha value is -2.34. The molecule has 1 amide bonds. The number of nitrogens with one attached hydrogen (secondary N) is 1. The van der Waals surface area contributed by atoms with Crippen molar-refractivity contribution in [3.8, 4) is 0 Å². The van der Waals surface area contributed by atoms with Gasteiger partial charge in [-0.05, 0) is 30.5 Å². The summed E-state index contributed by atoms with van der Waals surface area (Å²) in [5.74, 6) is -0.0153. The van der Waals surface area contributed by atoms with Crippen molar-refractivity contribution in [1.29, 1.82) is 0 Å². The number of carbonyl (C=O) groups excluding carboxylic acids is 1. The molecular formula is C17H19N3O2S. The van der Waals surface area contributed by atoms with E-state index in [0.29, 0.717) is 19.5 Å². The Morgan fingerprint density at radius 2 is 2.00 bits per heavy atom. The van der Waals surface area contributed by atoms with Crippen LogP contribution in [0.4, 0.5) is 0 Å². The third kappa shape index (κ3) is 3.37. The number of hydrogen-bond donors (Lipinski definition) is 1. The molecule has 0 saturated carbocycles. The normalized spacial score (nSPS) is 11.0. The van der Waals surface area contributed by atoms with Gasteiger partial charge in [0.2, 0.25) is 5.91 Å². The van der Waals surface area contributed by atoms with E-state index < -0.39 is 0 Å². The van der Waals surface area contributed by atoms with Crippen LogP contribution in [-0.4, -0.2) is 21.6 Å². The highest BCUT2D eigenvalue weighted by atomic mass is 32.1. The standard InChI is InChI=1S/C17H19N3O2S/c1-2-19-8-5-13-6-9-20(17(22)16(13)19)10-7-18-15(21)12-14-4-3-11-23-14/h3-6,8-9,11H,2,7,10,12H2,1H3,(H,18,21). The molecule has 0 unspecified atom stereocenters. The summed E-state index contributed by atoms with van der Waals surface area (Å²) in [6.45, 7) is 3.70. The van der Waals surface area contributed by atoms with Crippen molar-refractivity contribution in [3.05, 3.63) is 57.3 Å². The fourth-order valence-electron chi connectivity index (χ4n) is 2.63. The Balaban J connectivity index is 1.64. The molecule has 1 N–H and O–H groups in total. The molecule has 120 valence electrons. The number of thiophene rings is 1. The van der Waals surface area contributed by atoms with Gasteiger partial charge in [0, 0.05) is 42.3 Å². The molecule has 0 saturated heterocycles. The summed E-state index contributed by atoms with van der Waals surface area (Å²) in [6, 6.07) is 7.77. The van der Waals surface area contributed by atoms with Crippen LogP contribution < -0.4 is 10.9 Å². The lowest BCUT2D eigenvalue weighted by Crippen LogP contribution is -2.31. The second-order valence-corrected chi connectivity index (χ2v) is 6.36. The SMILES string of the molecule is CCn1ccc2ccn(CCNC(=O)Cc3cccs3)c(=O)c21. The minimum Gasteiger partial charge on any atom is -0.354 e. The van der Waals surface area contributed by atoms with Crippen molar-refractivity contribution in [1.82, 2.24) is 14.5 Å². The third-order valence-electron chi connectivity index (χ3n) is 3.82. The van der Waals surface area contributed by atoms with E-state index in [-0.39, 0.29) is 11.5 Å². The van der Waals surface area contributed by atoms with Gasteiger partial charge in [-0.1, -0.05) is 6.07 Å². The molecule has 0 aliphatic heterocycles. The monoisotopic (exact) mass is 329 g/mol. The maximum absolute atomic E-state index is 12.5. The number of hydrogen-bond acceptors (Lipinski definition) is 3. The van der Waals surface area contributed by atoms with E-state index in [1.807, 2.05) is 47.3 Å². The first-order chi connectivity index (χ1) is 11.2. The van der Waals surface area contributed by atoms with Crippen LogP contribution in [0.15, 0.2) is 46.8 Å². The van der Waals surface area contributed by atoms with Crippen molar-refractivity contribution < 1.29 is 4.79 Å². The number of fused-ring (bicyclic) bond motifs is 1. The first-order valence-electron chi connectivity index (χ1n) is 7.66. The molecule has 0 spiro atoms. The van der Waals surface area contributed by atoms with Crippen molar-refractivity contribution in [2.45, 2.75) is 26.4 Å². The van der Waals surface area contributed by atoms with Crippen LogP contribution >= 0.6 is 11.3 Å². The smallest absolute Gasteiger partial charge is 0.275 e. The van der Waals surface area contributed by atoms with E-state index in [2.05, 4.69) is 5.32 Å². The summed E-state index contributed by atoms with van der Waals surface area (Å²) in [4.78, 5) is 25.4. The maximum Gasteiger partial charge on any atom is 0.275 e. The van der Waals surface area contributed by atoms with E-state index in [9.17, 15) is 9.59 Å². The second kappa shape index (κ2) is 6.83. The molecule has 3 aromatic heterocycles. The lowest BCUT2D eigenvalue weighted by molar-refractivity contribution is -0.120. The molecule has 3 heterocycles. The minimum absolute atomic E-state index is 0.0122. The van der Waals surface area contributed by atoms with E-state index in [0.717, 1.165) is 22.3 Å². The van der Waals surface area contributed by atoms with Crippen molar-refractivity contribution in [3.63, 3.8) is 0 Å². The van der Waals surface area contributed by atoms with Crippen LogP contribution in [0.5, 0.6) is 0 Å². The fraction of sp³-hybridized carbons (Fsp3) is 0.294. The predicted molar refractivity (Wildman–Crippen MR) is 92.9 cm³/mol. The molecule has 0 aliphatic carbocycles. The van der Waals surface area contributed by atoms with Crippen LogP contribution in [-0.2, 0) is 24.3 Å². The number of aromatic nitrogens is 2. The quantitative estimate of drug-likeness (QED) is 0.754. The van der Waals surface area contributed by atoms with Crippen LogP contribution in [0.3, 0.4) is 0 Å². The zero-order chi connectivity index (χ0) is 16.2. The summed E-state index contributed by atoms with van der Waals surface area (Å²) in [5.41, 5.74) is 0.710. The lowest BCUT2D eigenvalue weighted by atomic mass is 10.3. The molecule has 0 aromatic carbocycles. The zero-order valence-corrected chi connectivity index (χ0v) is 13.8. The van der Waals surface area contributed by atoms with Gasteiger partial charge in [0.15, 0.2) is 0 Å². The first kappa shape index (κ1) is 15.6. The molecule has 3 aromatic rings. The van der Waals surface area contributed by atoms with Crippen LogP contribution in [0.1, 0.15) is 11.8 Å². The van der Waals surface area contributed by atoms with E-state index in [1.165, 1.54) is 0 Å². The summed E-state index contributed by atoms with van der Waals surface area (Å²) in [7, 11) is 0. The van der Waals surface area contributed by atoms with Gasteiger partial charge in [-0.15, -0.1) is 11.3 Å².